The van der Waals surface area contributed by atoms with Crippen molar-refractivity contribution in [3.05, 3.63) is 52.9 Å². The molecule has 1 fully saturated rings. The Kier molecular flexibility index (Phi) is 5.84. The van der Waals surface area contributed by atoms with E-state index >= 15 is 0 Å². The van der Waals surface area contributed by atoms with E-state index < -0.39 is 0 Å². The molecule has 1 aliphatic heterocycles. The largest absolute Gasteiger partial charge is 0.381 e. The van der Waals surface area contributed by atoms with E-state index in [0.717, 1.165) is 32.3 Å². The maximum atomic E-state index is 12.1. The van der Waals surface area contributed by atoms with Crippen molar-refractivity contribution in [3.63, 3.8) is 0 Å². The third-order valence-corrected chi connectivity index (χ3v) is 5.41. The number of amides is 1. The molecule has 1 saturated heterocycles. The number of nitrogens with zero attached hydrogens (tertiary/aromatic N) is 1. The molecule has 2 unspecified atom stereocenters. The predicted octanol–water partition coefficient (Wildman–Crippen LogP) is 2.76. The molecule has 2 heterocycles. The quantitative estimate of drug-likeness (QED) is 0.811. The average Bonchev–Trinajstić information content (AvgIpc) is 3.38. The standard InChI is InChI=1S/C21H26N2O4/c24-21(22-11-16-7-8-25-13-16)20-10-19(27-23-20)14-26-12-15-5-6-17-3-1-2-4-18(17)9-15/h1-4,10,15-16H,5-9,11-14H2,(H,22,24). The fraction of sp³-hybridized carbons (Fsp3) is 0.524. The summed E-state index contributed by atoms with van der Waals surface area (Å²) in [6.45, 7) is 3.14. The molecule has 0 radical (unpaired) electrons. The Balaban J connectivity index is 1.20. The van der Waals surface area contributed by atoms with Gasteiger partial charge < -0.3 is 19.3 Å². The van der Waals surface area contributed by atoms with Gasteiger partial charge in [-0.3, -0.25) is 4.79 Å². The molecule has 2 atom stereocenters. The lowest BCUT2D eigenvalue weighted by Gasteiger charge is -2.24. The smallest absolute Gasteiger partial charge is 0.273 e. The minimum Gasteiger partial charge on any atom is -0.381 e. The van der Waals surface area contributed by atoms with E-state index in [0.29, 0.717) is 49.7 Å². The number of ether oxygens (including phenoxy) is 2. The van der Waals surface area contributed by atoms with Crippen LogP contribution in [-0.2, 0) is 28.9 Å². The van der Waals surface area contributed by atoms with Crippen LogP contribution in [0, 0.1) is 11.8 Å². The van der Waals surface area contributed by atoms with Gasteiger partial charge in [0.2, 0.25) is 0 Å². The van der Waals surface area contributed by atoms with Crippen molar-refractivity contribution >= 4 is 5.91 Å². The van der Waals surface area contributed by atoms with Crippen molar-refractivity contribution in [2.24, 2.45) is 11.8 Å². The second-order valence-corrected chi connectivity index (χ2v) is 7.51. The van der Waals surface area contributed by atoms with Gasteiger partial charge in [0.1, 0.15) is 6.61 Å². The van der Waals surface area contributed by atoms with Crippen LogP contribution in [0.3, 0.4) is 0 Å². The van der Waals surface area contributed by atoms with E-state index in [-0.39, 0.29) is 5.91 Å². The maximum absolute atomic E-state index is 12.1. The highest BCUT2D eigenvalue weighted by Gasteiger charge is 2.20. The van der Waals surface area contributed by atoms with Crippen molar-refractivity contribution < 1.29 is 18.8 Å². The topological polar surface area (TPSA) is 73.6 Å². The van der Waals surface area contributed by atoms with E-state index in [1.54, 1.807) is 6.07 Å². The molecule has 4 rings (SSSR count). The Labute approximate surface area is 159 Å². The molecule has 6 nitrogen and oxygen atoms in total. The van der Waals surface area contributed by atoms with Gasteiger partial charge in [0.15, 0.2) is 11.5 Å². The fourth-order valence-corrected chi connectivity index (χ4v) is 3.80. The first kappa shape index (κ1) is 18.2. The number of hydrogen-bond acceptors (Lipinski definition) is 5. The highest BCUT2D eigenvalue weighted by molar-refractivity contribution is 5.92. The minimum absolute atomic E-state index is 0.208. The van der Waals surface area contributed by atoms with Crippen LogP contribution in [0.5, 0.6) is 0 Å². The van der Waals surface area contributed by atoms with Gasteiger partial charge >= 0.3 is 0 Å². The number of nitrogens with one attached hydrogen (secondary N) is 1. The number of benzene rings is 1. The lowest BCUT2D eigenvalue weighted by molar-refractivity contribution is 0.0677. The van der Waals surface area contributed by atoms with Crippen molar-refractivity contribution in [2.75, 3.05) is 26.4 Å². The number of carbonyl (C=O) groups excluding carboxylic acids is 1. The first-order chi connectivity index (χ1) is 13.3. The van der Waals surface area contributed by atoms with Crippen LogP contribution in [0.1, 0.15) is 40.2 Å². The van der Waals surface area contributed by atoms with E-state index in [1.165, 1.54) is 11.1 Å². The van der Waals surface area contributed by atoms with E-state index in [4.69, 9.17) is 14.0 Å². The molecule has 2 aromatic rings. The summed E-state index contributed by atoms with van der Waals surface area (Å²) in [6, 6.07) is 10.3. The molecule has 27 heavy (non-hydrogen) atoms. The Morgan fingerprint density at radius 1 is 1.22 bits per heavy atom. The minimum atomic E-state index is -0.208. The SMILES string of the molecule is O=C(NCC1CCOC1)c1cc(COCC2CCc3ccccc3C2)on1. The fourth-order valence-electron chi connectivity index (χ4n) is 3.80. The van der Waals surface area contributed by atoms with Gasteiger partial charge in [0, 0.05) is 25.1 Å². The van der Waals surface area contributed by atoms with E-state index in [1.807, 2.05) is 0 Å². The average molecular weight is 370 g/mol. The highest BCUT2D eigenvalue weighted by atomic mass is 16.5. The zero-order chi connectivity index (χ0) is 18.5. The molecular formula is C21H26N2O4. The molecule has 1 aliphatic carbocycles. The summed E-state index contributed by atoms with van der Waals surface area (Å²) in [5.41, 5.74) is 3.20. The summed E-state index contributed by atoms with van der Waals surface area (Å²) in [5.74, 6) is 1.30. The molecule has 144 valence electrons. The van der Waals surface area contributed by atoms with Gasteiger partial charge in [-0.25, -0.2) is 0 Å². The maximum Gasteiger partial charge on any atom is 0.273 e. The third kappa shape index (κ3) is 4.76. The normalized spacial score (nSPS) is 21.8. The molecule has 0 bridgehead atoms. The molecular weight excluding hydrogens is 344 g/mol. The Hall–Kier alpha value is -2.18. The van der Waals surface area contributed by atoms with Crippen molar-refractivity contribution in [1.82, 2.24) is 10.5 Å². The summed E-state index contributed by atoms with van der Waals surface area (Å²) in [7, 11) is 0. The zero-order valence-electron chi connectivity index (χ0n) is 15.5. The number of aryl methyl sites for hydroxylation is 1. The molecule has 1 amide bonds. The monoisotopic (exact) mass is 370 g/mol. The van der Waals surface area contributed by atoms with E-state index in [9.17, 15) is 4.79 Å². The predicted molar refractivity (Wildman–Crippen MR) is 99.4 cm³/mol. The Bertz CT molecular complexity index is 767. The number of aromatic nitrogens is 1. The molecule has 1 aromatic carbocycles. The van der Waals surface area contributed by atoms with Crippen molar-refractivity contribution in [1.29, 1.82) is 0 Å². The number of rotatable bonds is 7. The summed E-state index contributed by atoms with van der Waals surface area (Å²) >= 11 is 0. The molecule has 2 aliphatic rings. The third-order valence-electron chi connectivity index (χ3n) is 5.41. The van der Waals surface area contributed by atoms with Crippen LogP contribution in [0.2, 0.25) is 0 Å². The number of fused-ring (bicyclic) bond motifs is 1. The first-order valence-corrected chi connectivity index (χ1v) is 9.74. The van der Waals surface area contributed by atoms with Crippen LogP contribution >= 0.6 is 0 Å². The number of hydrogen-bond donors (Lipinski definition) is 1. The summed E-state index contributed by atoms with van der Waals surface area (Å²) in [6.07, 6.45) is 4.31. The van der Waals surface area contributed by atoms with Gasteiger partial charge in [0.05, 0.1) is 13.2 Å². The van der Waals surface area contributed by atoms with Crippen LogP contribution in [-0.4, -0.2) is 37.4 Å². The molecule has 0 saturated carbocycles. The molecule has 1 aromatic heterocycles. The molecule has 0 spiro atoms. The van der Waals surface area contributed by atoms with Crippen LogP contribution in [0.4, 0.5) is 0 Å². The van der Waals surface area contributed by atoms with Gasteiger partial charge in [-0.1, -0.05) is 29.4 Å². The molecule has 6 heteroatoms. The second-order valence-electron chi connectivity index (χ2n) is 7.51. The van der Waals surface area contributed by atoms with Gasteiger partial charge in [-0.2, -0.15) is 0 Å². The van der Waals surface area contributed by atoms with Gasteiger partial charge in [-0.15, -0.1) is 0 Å². The van der Waals surface area contributed by atoms with Gasteiger partial charge in [0.25, 0.3) is 5.91 Å². The second kappa shape index (κ2) is 8.67. The van der Waals surface area contributed by atoms with Crippen LogP contribution < -0.4 is 5.32 Å². The first-order valence-electron chi connectivity index (χ1n) is 9.74. The highest BCUT2D eigenvalue weighted by Crippen LogP contribution is 2.25. The van der Waals surface area contributed by atoms with Crippen molar-refractivity contribution in [2.45, 2.75) is 32.3 Å². The zero-order valence-corrected chi connectivity index (χ0v) is 15.5. The lowest BCUT2D eigenvalue weighted by atomic mass is 9.84. The number of carbonyl (C=O) groups is 1. The lowest BCUT2D eigenvalue weighted by Crippen LogP contribution is -2.29. The summed E-state index contributed by atoms with van der Waals surface area (Å²) in [5, 5.41) is 6.75. The van der Waals surface area contributed by atoms with E-state index in [2.05, 4.69) is 34.7 Å². The summed E-state index contributed by atoms with van der Waals surface area (Å²) in [4.78, 5) is 12.1. The van der Waals surface area contributed by atoms with Gasteiger partial charge in [-0.05, 0) is 42.7 Å². The summed E-state index contributed by atoms with van der Waals surface area (Å²) < 4.78 is 16.4. The van der Waals surface area contributed by atoms with Crippen molar-refractivity contribution in [3.8, 4) is 0 Å². The molecule has 1 N–H and O–H groups in total. The Morgan fingerprint density at radius 2 is 2.11 bits per heavy atom. The Morgan fingerprint density at radius 3 is 2.96 bits per heavy atom. The van der Waals surface area contributed by atoms with Crippen LogP contribution in [0.15, 0.2) is 34.9 Å². The van der Waals surface area contributed by atoms with Crippen LogP contribution in [0.25, 0.3) is 0 Å².